The Kier molecular flexibility index (Phi) is 7.57. The Balaban J connectivity index is 1.62. The van der Waals surface area contributed by atoms with E-state index >= 15 is 0 Å². The fourth-order valence-electron chi connectivity index (χ4n) is 3.64. The molecule has 0 bridgehead atoms. The lowest BCUT2D eigenvalue weighted by Crippen LogP contribution is -2.08. The molecular formula is C26H30FN5O2. The van der Waals surface area contributed by atoms with Crippen LogP contribution in [0.5, 0.6) is 11.8 Å². The van der Waals surface area contributed by atoms with Crippen LogP contribution >= 0.6 is 0 Å². The highest BCUT2D eigenvalue weighted by Crippen LogP contribution is 2.25. The van der Waals surface area contributed by atoms with E-state index in [0.717, 1.165) is 35.1 Å². The minimum atomic E-state index is -0.198. The zero-order valence-electron chi connectivity index (χ0n) is 19.8. The number of rotatable bonds is 11. The summed E-state index contributed by atoms with van der Waals surface area (Å²) in [5.74, 6) is 1.26. The summed E-state index contributed by atoms with van der Waals surface area (Å²) in [5.41, 5.74) is 3.24. The average Bonchev–Trinajstić information content (AvgIpc) is 3.26. The summed E-state index contributed by atoms with van der Waals surface area (Å²) in [6.45, 7) is 5.55. The summed E-state index contributed by atoms with van der Waals surface area (Å²) in [5, 5.41) is 8.69. The van der Waals surface area contributed by atoms with Crippen LogP contribution in [0.4, 0.5) is 10.2 Å². The van der Waals surface area contributed by atoms with Crippen molar-refractivity contribution in [3.05, 3.63) is 71.2 Å². The average molecular weight is 464 g/mol. The first-order valence-electron chi connectivity index (χ1n) is 11.6. The molecule has 4 aromatic rings. The third-order valence-electron chi connectivity index (χ3n) is 5.65. The molecule has 178 valence electrons. The second-order valence-electron chi connectivity index (χ2n) is 8.08. The van der Waals surface area contributed by atoms with Crippen LogP contribution in [0.15, 0.2) is 48.7 Å². The van der Waals surface area contributed by atoms with Crippen molar-refractivity contribution in [3.8, 4) is 11.8 Å². The number of anilines is 1. The van der Waals surface area contributed by atoms with Crippen LogP contribution in [0.2, 0.25) is 0 Å². The van der Waals surface area contributed by atoms with Gasteiger partial charge in [-0.15, -0.1) is 0 Å². The van der Waals surface area contributed by atoms with Crippen molar-refractivity contribution in [2.75, 3.05) is 19.0 Å². The smallest absolute Gasteiger partial charge is 0.320 e. The number of aromatic nitrogens is 4. The van der Waals surface area contributed by atoms with Gasteiger partial charge in [-0.1, -0.05) is 44.5 Å². The van der Waals surface area contributed by atoms with Crippen LogP contribution in [0.25, 0.3) is 11.0 Å². The molecule has 0 unspecified atom stereocenters. The van der Waals surface area contributed by atoms with Crippen molar-refractivity contribution >= 4 is 16.9 Å². The molecule has 0 atom stereocenters. The van der Waals surface area contributed by atoms with Crippen molar-refractivity contribution in [1.82, 2.24) is 19.7 Å². The van der Waals surface area contributed by atoms with Gasteiger partial charge in [0.05, 0.1) is 31.8 Å². The number of nitrogens with zero attached hydrogens (tertiary/aromatic N) is 4. The molecule has 1 N–H and O–H groups in total. The molecule has 0 amide bonds. The van der Waals surface area contributed by atoms with Crippen LogP contribution in [0.3, 0.4) is 0 Å². The van der Waals surface area contributed by atoms with Gasteiger partial charge < -0.3 is 14.8 Å². The summed E-state index contributed by atoms with van der Waals surface area (Å²) >= 11 is 0. The molecule has 7 nitrogen and oxygen atoms in total. The van der Waals surface area contributed by atoms with E-state index in [-0.39, 0.29) is 5.82 Å². The highest BCUT2D eigenvalue weighted by molar-refractivity contribution is 5.86. The van der Waals surface area contributed by atoms with Gasteiger partial charge in [0.1, 0.15) is 17.4 Å². The van der Waals surface area contributed by atoms with Crippen molar-refractivity contribution in [3.63, 3.8) is 0 Å². The summed E-state index contributed by atoms with van der Waals surface area (Å²) in [4.78, 5) is 9.21. The van der Waals surface area contributed by atoms with E-state index in [1.807, 2.05) is 43.3 Å². The van der Waals surface area contributed by atoms with E-state index in [4.69, 9.17) is 9.47 Å². The van der Waals surface area contributed by atoms with E-state index < -0.39 is 0 Å². The zero-order valence-corrected chi connectivity index (χ0v) is 19.8. The molecule has 0 aliphatic rings. The van der Waals surface area contributed by atoms with Gasteiger partial charge in [0, 0.05) is 6.54 Å². The van der Waals surface area contributed by atoms with Gasteiger partial charge in [0.15, 0.2) is 5.65 Å². The largest absolute Gasteiger partial charge is 0.497 e. The second kappa shape index (κ2) is 11.0. The second-order valence-corrected chi connectivity index (χ2v) is 8.08. The van der Waals surface area contributed by atoms with Gasteiger partial charge in [-0.25, -0.2) is 9.07 Å². The minimum Gasteiger partial charge on any atom is -0.497 e. The number of unbranched alkanes of at least 4 members (excludes halogenated alkanes) is 1. The Bertz CT molecular complexity index is 1240. The van der Waals surface area contributed by atoms with Gasteiger partial charge in [-0.2, -0.15) is 15.1 Å². The summed E-state index contributed by atoms with van der Waals surface area (Å²) in [6, 6.07) is 13.5. The van der Waals surface area contributed by atoms with Crippen LogP contribution in [-0.4, -0.2) is 33.5 Å². The molecule has 34 heavy (non-hydrogen) atoms. The molecule has 2 heterocycles. The molecule has 2 aromatic heterocycles. The van der Waals surface area contributed by atoms with Gasteiger partial charge >= 0.3 is 6.01 Å². The molecule has 0 aliphatic heterocycles. The molecule has 0 aliphatic carbocycles. The van der Waals surface area contributed by atoms with Crippen LogP contribution < -0.4 is 14.8 Å². The van der Waals surface area contributed by atoms with Gasteiger partial charge in [-0.05, 0) is 47.7 Å². The SMILES string of the molecule is CCCCOc1nc(NCc2ccc(OC)cc2)c2cnn(Cc3ccc(CC)c(F)c3)c2n1. The molecule has 0 radical (unpaired) electrons. The Morgan fingerprint density at radius 1 is 1.03 bits per heavy atom. The van der Waals surface area contributed by atoms with Crippen molar-refractivity contribution in [1.29, 1.82) is 0 Å². The van der Waals surface area contributed by atoms with Gasteiger partial charge in [0.2, 0.25) is 0 Å². The van der Waals surface area contributed by atoms with Crippen molar-refractivity contribution < 1.29 is 13.9 Å². The van der Waals surface area contributed by atoms with Gasteiger partial charge in [-0.3, -0.25) is 0 Å². The number of hydrogen-bond donors (Lipinski definition) is 1. The van der Waals surface area contributed by atoms with E-state index in [2.05, 4.69) is 27.3 Å². The third kappa shape index (κ3) is 5.44. The molecule has 4 rings (SSSR count). The fourth-order valence-corrected chi connectivity index (χ4v) is 3.64. The topological polar surface area (TPSA) is 74.1 Å². The number of fused-ring (bicyclic) bond motifs is 1. The van der Waals surface area contributed by atoms with Gasteiger partial charge in [0.25, 0.3) is 0 Å². The lowest BCUT2D eigenvalue weighted by Gasteiger charge is -2.11. The summed E-state index contributed by atoms with van der Waals surface area (Å²) < 4.78 is 27.1. The Morgan fingerprint density at radius 2 is 1.82 bits per heavy atom. The highest BCUT2D eigenvalue weighted by Gasteiger charge is 2.15. The predicted molar refractivity (Wildman–Crippen MR) is 131 cm³/mol. The number of benzene rings is 2. The fraction of sp³-hybridized carbons (Fsp3) is 0.346. The molecule has 0 saturated carbocycles. The molecule has 0 saturated heterocycles. The Morgan fingerprint density at radius 3 is 2.53 bits per heavy atom. The zero-order chi connectivity index (χ0) is 23.9. The van der Waals surface area contributed by atoms with E-state index in [0.29, 0.717) is 49.2 Å². The van der Waals surface area contributed by atoms with E-state index in [9.17, 15) is 4.39 Å². The lowest BCUT2D eigenvalue weighted by molar-refractivity contribution is 0.286. The molecule has 0 fully saturated rings. The van der Waals surface area contributed by atoms with Crippen molar-refractivity contribution in [2.24, 2.45) is 0 Å². The first-order valence-corrected chi connectivity index (χ1v) is 11.6. The Hall–Kier alpha value is -3.68. The number of ether oxygens (including phenoxy) is 2. The quantitative estimate of drug-likeness (QED) is 0.301. The molecule has 2 aromatic carbocycles. The monoisotopic (exact) mass is 463 g/mol. The first kappa shape index (κ1) is 23.5. The van der Waals surface area contributed by atoms with Crippen LogP contribution in [0.1, 0.15) is 43.4 Å². The highest BCUT2D eigenvalue weighted by atomic mass is 19.1. The number of nitrogens with one attached hydrogen (secondary N) is 1. The number of methoxy groups -OCH3 is 1. The molecule has 8 heteroatoms. The predicted octanol–water partition coefficient (Wildman–Crippen LogP) is 5.38. The maximum atomic E-state index is 14.3. The first-order chi connectivity index (χ1) is 16.6. The Labute approximate surface area is 199 Å². The summed E-state index contributed by atoms with van der Waals surface area (Å²) in [7, 11) is 1.65. The maximum Gasteiger partial charge on any atom is 0.320 e. The third-order valence-corrected chi connectivity index (χ3v) is 5.65. The standard InChI is InChI=1S/C26H30FN5O2/c1-4-6-13-34-26-30-24(28-15-18-8-11-21(33-3)12-9-18)22-16-29-32(25(22)31-26)17-19-7-10-20(5-2)23(27)14-19/h7-12,14,16H,4-6,13,15,17H2,1-3H3,(H,28,30,31). The number of halogens is 1. The number of aryl methyl sites for hydroxylation is 1. The molecular weight excluding hydrogens is 433 g/mol. The minimum absolute atomic E-state index is 0.198. The normalized spacial score (nSPS) is 11.1. The van der Waals surface area contributed by atoms with Crippen LogP contribution in [0, 0.1) is 5.82 Å². The van der Waals surface area contributed by atoms with Crippen LogP contribution in [-0.2, 0) is 19.5 Å². The lowest BCUT2D eigenvalue weighted by atomic mass is 10.1. The van der Waals surface area contributed by atoms with E-state index in [1.54, 1.807) is 24.1 Å². The molecule has 0 spiro atoms. The van der Waals surface area contributed by atoms with E-state index in [1.165, 1.54) is 0 Å². The number of hydrogen-bond acceptors (Lipinski definition) is 6. The maximum absolute atomic E-state index is 14.3. The van der Waals surface area contributed by atoms with Crippen molar-refractivity contribution in [2.45, 2.75) is 46.2 Å². The summed E-state index contributed by atoms with van der Waals surface area (Å²) in [6.07, 6.45) is 4.32.